The second-order valence-corrected chi connectivity index (χ2v) is 9.90. The summed E-state index contributed by atoms with van der Waals surface area (Å²) in [6.07, 6.45) is -1.62. The molecule has 3 aromatic rings. The number of benzene rings is 2. The number of guanidine groups is 1. The minimum Gasteiger partial charge on any atom is -0.463 e. The molecule has 4 rings (SSSR count). The van der Waals surface area contributed by atoms with Gasteiger partial charge in [-0.25, -0.2) is 26.7 Å². The van der Waals surface area contributed by atoms with Crippen molar-refractivity contribution in [1.82, 2.24) is 19.2 Å². The van der Waals surface area contributed by atoms with Crippen molar-refractivity contribution in [2.45, 2.75) is 12.5 Å². The van der Waals surface area contributed by atoms with Crippen molar-refractivity contribution >= 4 is 44.7 Å². The standard InChI is InChI=1S/C19H17ClFN5O5S/c1-19(9-32(30,31)25(2)16(24-19)23-18(28)29)11-4-3-5-13(15(11)21)26-14-8-10(20)6-7-12(14)22-17(26)27/h3-8H,9H2,1-2H3,(H,22,27)(H,23,24)(H,28,29)/t19-/m0/s1. The molecule has 1 aliphatic heterocycles. The van der Waals surface area contributed by atoms with E-state index in [4.69, 9.17) is 16.7 Å². The molecule has 0 radical (unpaired) electrons. The van der Waals surface area contributed by atoms with E-state index in [0.29, 0.717) is 20.4 Å². The fourth-order valence-corrected chi connectivity index (χ4v) is 5.39. The van der Waals surface area contributed by atoms with Crippen LogP contribution < -0.4 is 11.0 Å². The number of halogens is 2. The Morgan fingerprint density at radius 1 is 1.31 bits per heavy atom. The molecular formula is C19H17ClFN5O5S. The molecule has 1 aliphatic rings. The highest BCUT2D eigenvalue weighted by Gasteiger charge is 2.44. The molecule has 1 amide bonds. The molecule has 2 aromatic carbocycles. The summed E-state index contributed by atoms with van der Waals surface area (Å²) in [5.74, 6) is -1.91. The number of amides is 1. The predicted molar refractivity (Wildman–Crippen MR) is 116 cm³/mol. The van der Waals surface area contributed by atoms with Gasteiger partial charge in [-0.1, -0.05) is 23.7 Å². The van der Waals surface area contributed by atoms with Crippen LogP contribution in [0.2, 0.25) is 5.02 Å². The minimum absolute atomic E-state index is 0.0898. The first-order valence-corrected chi connectivity index (χ1v) is 11.2. The van der Waals surface area contributed by atoms with Gasteiger partial charge in [0.25, 0.3) is 0 Å². The summed E-state index contributed by atoms with van der Waals surface area (Å²) < 4.78 is 42.9. The Morgan fingerprint density at radius 2 is 2.03 bits per heavy atom. The first-order chi connectivity index (χ1) is 14.9. The van der Waals surface area contributed by atoms with Gasteiger partial charge in [0.1, 0.15) is 0 Å². The number of carboxylic acid groups (broad SMARTS) is 1. The maximum absolute atomic E-state index is 15.8. The molecule has 32 heavy (non-hydrogen) atoms. The Kier molecular flexibility index (Phi) is 5.01. The predicted octanol–water partition coefficient (Wildman–Crippen LogP) is 2.23. The molecule has 1 atom stereocenters. The van der Waals surface area contributed by atoms with Gasteiger partial charge in [-0.3, -0.25) is 4.57 Å². The topological polar surface area (TPSA) is 137 Å². The van der Waals surface area contributed by atoms with Crippen molar-refractivity contribution in [2.75, 3.05) is 12.8 Å². The highest BCUT2D eigenvalue weighted by atomic mass is 35.5. The third-order valence-electron chi connectivity index (χ3n) is 5.23. The zero-order chi connectivity index (χ0) is 23.4. The lowest BCUT2D eigenvalue weighted by Crippen LogP contribution is -2.61. The van der Waals surface area contributed by atoms with Crippen LogP contribution in [-0.2, 0) is 15.6 Å². The largest absolute Gasteiger partial charge is 0.463 e. The van der Waals surface area contributed by atoms with Gasteiger partial charge in [0.05, 0.1) is 28.0 Å². The maximum atomic E-state index is 15.8. The van der Waals surface area contributed by atoms with Crippen molar-refractivity contribution in [1.29, 1.82) is 0 Å². The molecule has 1 saturated heterocycles. The fraction of sp³-hybridized carbons (Fsp3) is 0.211. The lowest BCUT2D eigenvalue weighted by Gasteiger charge is -2.40. The van der Waals surface area contributed by atoms with Crippen LogP contribution in [0.4, 0.5) is 9.18 Å². The van der Waals surface area contributed by atoms with Gasteiger partial charge in [-0.05, 0) is 31.2 Å². The van der Waals surface area contributed by atoms with Gasteiger partial charge in [0.15, 0.2) is 5.82 Å². The smallest absolute Gasteiger partial charge is 0.434 e. The molecule has 0 bridgehead atoms. The van der Waals surface area contributed by atoms with E-state index in [1.165, 1.54) is 31.2 Å². The molecule has 0 aliphatic carbocycles. The number of nitrogens with one attached hydrogen (secondary N) is 2. The second kappa shape index (κ2) is 7.35. The average molecular weight is 482 g/mol. The van der Waals surface area contributed by atoms with Gasteiger partial charge < -0.3 is 15.4 Å². The number of aromatic amines is 1. The molecule has 168 valence electrons. The Balaban J connectivity index is 1.92. The first-order valence-electron chi connectivity index (χ1n) is 9.19. The summed E-state index contributed by atoms with van der Waals surface area (Å²) in [5.41, 5.74) is -1.63. The normalized spacial score (nSPS) is 21.6. The summed E-state index contributed by atoms with van der Waals surface area (Å²) in [7, 11) is -2.88. The number of aliphatic imine (C=N–C) groups is 1. The molecule has 10 nitrogen and oxygen atoms in total. The Morgan fingerprint density at radius 3 is 2.72 bits per heavy atom. The van der Waals surface area contributed by atoms with Crippen LogP contribution in [-0.4, -0.2) is 52.2 Å². The van der Waals surface area contributed by atoms with Crippen LogP contribution in [0.25, 0.3) is 16.7 Å². The van der Waals surface area contributed by atoms with Gasteiger partial charge in [-0.2, -0.15) is 0 Å². The summed E-state index contributed by atoms with van der Waals surface area (Å²) in [4.78, 5) is 29.5. The van der Waals surface area contributed by atoms with Crippen LogP contribution in [0.15, 0.2) is 46.2 Å². The van der Waals surface area contributed by atoms with Gasteiger partial charge in [-0.15, -0.1) is 4.99 Å². The molecule has 1 fully saturated rings. The van der Waals surface area contributed by atoms with E-state index in [1.54, 1.807) is 12.1 Å². The Labute approximate surface area is 186 Å². The monoisotopic (exact) mass is 481 g/mol. The van der Waals surface area contributed by atoms with E-state index in [9.17, 15) is 18.0 Å². The number of sulfonamides is 1. The second-order valence-electron chi connectivity index (χ2n) is 7.46. The van der Waals surface area contributed by atoms with E-state index in [2.05, 4.69) is 15.3 Å². The van der Waals surface area contributed by atoms with Crippen LogP contribution in [0.5, 0.6) is 0 Å². The highest BCUT2D eigenvalue weighted by molar-refractivity contribution is 7.89. The maximum Gasteiger partial charge on any atom is 0.434 e. The van der Waals surface area contributed by atoms with Gasteiger partial charge >= 0.3 is 11.8 Å². The third-order valence-corrected chi connectivity index (χ3v) is 7.42. The summed E-state index contributed by atoms with van der Waals surface area (Å²) in [5, 5.41) is 12.1. The molecule has 0 saturated carbocycles. The number of imidazole rings is 1. The number of carbonyl (C=O) groups is 1. The molecule has 13 heteroatoms. The fourth-order valence-electron chi connectivity index (χ4n) is 3.72. The number of aromatic nitrogens is 2. The third kappa shape index (κ3) is 3.50. The van der Waals surface area contributed by atoms with Crippen LogP contribution >= 0.6 is 11.6 Å². The van der Waals surface area contributed by atoms with E-state index in [0.717, 1.165) is 11.6 Å². The van der Waals surface area contributed by atoms with E-state index < -0.39 is 44.9 Å². The van der Waals surface area contributed by atoms with Crippen molar-refractivity contribution in [3.63, 3.8) is 0 Å². The molecule has 1 aromatic heterocycles. The summed E-state index contributed by atoms with van der Waals surface area (Å²) in [6, 6.07) is 8.85. The van der Waals surface area contributed by atoms with Crippen LogP contribution in [0, 0.1) is 5.82 Å². The van der Waals surface area contributed by atoms with Crippen molar-refractivity contribution < 1.29 is 22.7 Å². The van der Waals surface area contributed by atoms with E-state index >= 15 is 4.39 Å². The number of H-pyrrole nitrogens is 1. The zero-order valence-corrected chi connectivity index (χ0v) is 18.3. The van der Waals surface area contributed by atoms with Crippen LogP contribution in [0.3, 0.4) is 0 Å². The Hall–Kier alpha value is -3.38. The van der Waals surface area contributed by atoms with Crippen LogP contribution in [0.1, 0.15) is 12.5 Å². The van der Waals surface area contributed by atoms with Crippen molar-refractivity contribution in [3.8, 4) is 5.69 Å². The quantitative estimate of drug-likeness (QED) is 0.513. The number of rotatable bonds is 2. The highest BCUT2D eigenvalue weighted by Crippen LogP contribution is 2.32. The first kappa shape index (κ1) is 21.8. The number of hydrogen-bond acceptors (Lipinski definition) is 4. The number of nitrogens with zero attached hydrogens (tertiary/aromatic N) is 3. The van der Waals surface area contributed by atoms with E-state index in [1.807, 2.05) is 0 Å². The summed E-state index contributed by atoms with van der Waals surface area (Å²) >= 11 is 6.04. The average Bonchev–Trinajstić information content (AvgIpc) is 3.00. The number of hydrogen-bond donors (Lipinski definition) is 3. The van der Waals surface area contributed by atoms with Crippen molar-refractivity contribution in [2.24, 2.45) is 4.99 Å². The van der Waals surface area contributed by atoms with E-state index in [-0.39, 0.29) is 11.3 Å². The molecule has 2 heterocycles. The Bertz CT molecular complexity index is 1460. The number of fused-ring (bicyclic) bond motifs is 1. The molecule has 0 unspecified atom stereocenters. The SMILES string of the molecule is CN1/C(=N/C(=O)O)N[C@](C)(c2cccc(-n3c(=O)[nH]c4ccc(Cl)cc43)c2F)CS1(=O)=O. The molecule has 3 N–H and O–H groups in total. The van der Waals surface area contributed by atoms with Gasteiger partial charge in [0, 0.05) is 17.6 Å². The molecular weight excluding hydrogens is 465 g/mol. The lowest BCUT2D eigenvalue weighted by atomic mass is 9.92. The van der Waals surface area contributed by atoms with Crippen molar-refractivity contribution in [3.05, 3.63) is 63.3 Å². The van der Waals surface area contributed by atoms with Gasteiger partial charge in [0.2, 0.25) is 16.0 Å². The minimum atomic E-state index is -4.03. The summed E-state index contributed by atoms with van der Waals surface area (Å²) in [6.45, 7) is 1.41. The molecule has 0 spiro atoms. The zero-order valence-electron chi connectivity index (χ0n) is 16.8. The lowest BCUT2D eigenvalue weighted by molar-refractivity contribution is 0.205.